The molecule has 0 bridgehead atoms. The molecule has 0 unspecified atom stereocenters. The zero-order chi connectivity index (χ0) is 20.0. The molecule has 0 radical (unpaired) electrons. The van der Waals surface area contributed by atoms with Crippen LogP contribution in [0.15, 0.2) is 30.2 Å². The first kappa shape index (κ1) is 19.9. The van der Waals surface area contributed by atoms with Crippen LogP contribution in [0.4, 0.5) is 13.2 Å². The summed E-state index contributed by atoms with van der Waals surface area (Å²) < 4.78 is 46.8. The van der Waals surface area contributed by atoms with Gasteiger partial charge in [0.2, 0.25) is 0 Å². The predicted octanol–water partition coefficient (Wildman–Crippen LogP) is 5.26. The van der Waals surface area contributed by atoms with Gasteiger partial charge < -0.3 is 19.9 Å². The molecule has 0 amide bonds. The summed E-state index contributed by atoms with van der Waals surface area (Å²) in [5.41, 5.74) is 1.20. The Morgan fingerprint density at radius 1 is 1.30 bits per heavy atom. The van der Waals surface area contributed by atoms with Gasteiger partial charge >= 0.3 is 6.36 Å². The molecule has 2 aliphatic rings. The highest BCUT2D eigenvalue weighted by molar-refractivity contribution is 6.33. The molecule has 1 fully saturated rings. The summed E-state index contributed by atoms with van der Waals surface area (Å²) in [7, 11) is 1.67. The number of aliphatic hydroxyl groups is 1. The molecule has 1 aromatic rings. The van der Waals surface area contributed by atoms with E-state index in [-0.39, 0.29) is 16.9 Å². The van der Waals surface area contributed by atoms with Gasteiger partial charge in [-0.1, -0.05) is 18.2 Å². The van der Waals surface area contributed by atoms with Crippen molar-refractivity contribution in [2.24, 2.45) is 0 Å². The van der Waals surface area contributed by atoms with Crippen molar-refractivity contribution in [2.75, 3.05) is 7.11 Å². The summed E-state index contributed by atoms with van der Waals surface area (Å²) in [6.45, 7) is 5.60. The zero-order valence-corrected chi connectivity index (χ0v) is 15.8. The SMILES string of the molecule is C=C1NC2(CCC(OC)CC2)C(O)=C1c1c(C)cc(OC(F)(F)F)cc1Cl. The van der Waals surface area contributed by atoms with Gasteiger partial charge in [0.25, 0.3) is 0 Å². The fraction of sp³-hybridized carbons (Fsp3) is 0.474. The monoisotopic (exact) mass is 403 g/mol. The number of alkyl halides is 3. The van der Waals surface area contributed by atoms with Crippen molar-refractivity contribution in [3.05, 3.63) is 46.3 Å². The number of aryl methyl sites for hydroxylation is 1. The summed E-state index contributed by atoms with van der Waals surface area (Å²) >= 11 is 6.27. The molecule has 148 valence electrons. The van der Waals surface area contributed by atoms with Crippen LogP contribution in [0.2, 0.25) is 5.02 Å². The average molecular weight is 404 g/mol. The lowest BCUT2D eigenvalue weighted by Crippen LogP contribution is -2.46. The van der Waals surface area contributed by atoms with E-state index in [0.717, 1.165) is 18.9 Å². The number of nitrogens with one attached hydrogen (secondary N) is 1. The molecule has 0 saturated heterocycles. The van der Waals surface area contributed by atoms with Crippen LogP contribution in [0.25, 0.3) is 5.57 Å². The number of halogens is 4. The number of hydrogen-bond acceptors (Lipinski definition) is 4. The Morgan fingerprint density at radius 2 is 1.93 bits per heavy atom. The summed E-state index contributed by atoms with van der Waals surface area (Å²) in [5.74, 6) is -0.280. The Labute approximate surface area is 160 Å². The lowest BCUT2D eigenvalue weighted by Gasteiger charge is -2.37. The second kappa shape index (κ2) is 6.95. The van der Waals surface area contributed by atoms with Gasteiger partial charge in [-0.2, -0.15) is 0 Å². The molecule has 3 rings (SSSR count). The summed E-state index contributed by atoms with van der Waals surface area (Å²) in [4.78, 5) is 0. The maximum atomic E-state index is 12.5. The predicted molar refractivity (Wildman–Crippen MR) is 96.7 cm³/mol. The smallest absolute Gasteiger partial charge is 0.509 e. The maximum Gasteiger partial charge on any atom is 0.573 e. The first-order chi connectivity index (χ1) is 12.6. The summed E-state index contributed by atoms with van der Waals surface area (Å²) in [5, 5.41) is 14.3. The van der Waals surface area contributed by atoms with Crippen molar-refractivity contribution in [1.82, 2.24) is 5.32 Å². The third-order valence-electron chi connectivity index (χ3n) is 5.25. The molecule has 1 aliphatic carbocycles. The van der Waals surface area contributed by atoms with Crippen LogP contribution in [0, 0.1) is 6.92 Å². The van der Waals surface area contributed by atoms with E-state index in [1.807, 2.05) is 0 Å². The highest BCUT2D eigenvalue weighted by Crippen LogP contribution is 2.47. The second-order valence-electron chi connectivity index (χ2n) is 6.99. The number of hydrogen-bond donors (Lipinski definition) is 2. The second-order valence-corrected chi connectivity index (χ2v) is 7.40. The molecule has 8 heteroatoms. The lowest BCUT2D eigenvalue weighted by atomic mass is 9.79. The Hall–Kier alpha value is -1.86. The van der Waals surface area contributed by atoms with Gasteiger partial charge in [-0.05, 0) is 50.3 Å². The van der Waals surface area contributed by atoms with Crippen molar-refractivity contribution >= 4 is 17.2 Å². The van der Waals surface area contributed by atoms with E-state index in [1.54, 1.807) is 14.0 Å². The number of ether oxygens (including phenoxy) is 2. The van der Waals surface area contributed by atoms with Crippen LogP contribution in [0.5, 0.6) is 5.75 Å². The normalized spacial score (nSPS) is 25.9. The standard InChI is InChI=1S/C19H21ClF3NO3/c1-10-8-13(27-19(21,22)23)9-14(20)15(10)16-11(2)24-18(17(16)25)6-4-12(26-3)5-7-18/h8-9,12,24-25H,2,4-7H2,1,3H3. The first-order valence-corrected chi connectivity index (χ1v) is 8.94. The highest BCUT2D eigenvalue weighted by Gasteiger charge is 2.46. The Kier molecular flexibility index (Phi) is 5.12. The molecule has 0 atom stereocenters. The van der Waals surface area contributed by atoms with E-state index in [0.29, 0.717) is 35.2 Å². The third kappa shape index (κ3) is 3.75. The molecule has 1 aliphatic heterocycles. The van der Waals surface area contributed by atoms with Crippen molar-refractivity contribution in [3.63, 3.8) is 0 Å². The number of benzene rings is 1. The molecule has 1 saturated carbocycles. The fourth-order valence-corrected chi connectivity index (χ4v) is 4.32. The molecule has 4 nitrogen and oxygen atoms in total. The number of allylic oxidation sites excluding steroid dienone is 1. The topological polar surface area (TPSA) is 50.7 Å². The van der Waals surface area contributed by atoms with Crippen LogP contribution in [0.3, 0.4) is 0 Å². The summed E-state index contributed by atoms with van der Waals surface area (Å²) in [6.07, 6.45) is -1.79. The molecule has 27 heavy (non-hydrogen) atoms. The van der Waals surface area contributed by atoms with E-state index >= 15 is 0 Å². The quantitative estimate of drug-likeness (QED) is 0.722. The number of rotatable bonds is 3. The van der Waals surface area contributed by atoms with Crippen molar-refractivity contribution in [3.8, 4) is 5.75 Å². The number of methoxy groups -OCH3 is 1. The van der Waals surface area contributed by atoms with Gasteiger partial charge in [-0.25, -0.2) is 0 Å². The third-order valence-corrected chi connectivity index (χ3v) is 5.54. The van der Waals surface area contributed by atoms with Gasteiger partial charge in [0.05, 0.1) is 16.7 Å². The Bertz CT molecular complexity index is 773. The van der Waals surface area contributed by atoms with E-state index in [2.05, 4.69) is 16.6 Å². The minimum absolute atomic E-state index is 0.0568. The number of aliphatic hydroxyl groups excluding tert-OH is 1. The van der Waals surface area contributed by atoms with Crippen LogP contribution in [-0.4, -0.2) is 30.2 Å². The molecule has 1 aromatic carbocycles. The minimum Gasteiger partial charge on any atom is -0.509 e. The zero-order valence-electron chi connectivity index (χ0n) is 15.0. The molecule has 1 heterocycles. The molecular weight excluding hydrogens is 383 g/mol. The van der Waals surface area contributed by atoms with Gasteiger partial charge in [0.1, 0.15) is 11.5 Å². The Morgan fingerprint density at radius 3 is 2.44 bits per heavy atom. The van der Waals surface area contributed by atoms with E-state index in [4.69, 9.17) is 16.3 Å². The molecule has 2 N–H and O–H groups in total. The Balaban J connectivity index is 1.99. The maximum absolute atomic E-state index is 12.5. The van der Waals surface area contributed by atoms with E-state index < -0.39 is 17.7 Å². The molecule has 1 spiro atoms. The summed E-state index contributed by atoms with van der Waals surface area (Å²) in [6, 6.07) is 2.34. The average Bonchev–Trinajstić information content (AvgIpc) is 2.78. The fourth-order valence-electron chi connectivity index (χ4n) is 3.97. The van der Waals surface area contributed by atoms with E-state index in [1.165, 1.54) is 6.07 Å². The molecule has 0 aromatic heterocycles. The van der Waals surface area contributed by atoms with Crippen LogP contribution >= 0.6 is 11.6 Å². The van der Waals surface area contributed by atoms with Crippen LogP contribution in [-0.2, 0) is 4.74 Å². The van der Waals surface area contributed by atoms with Crippen LogP contribution < -0.4 is 10.1 Å². The van der Waals surface area contributed by atoms with Crippen molar-refractivity contribution in [1.29, 1.82) is 0 Å². The van der Waals surface area contributed by atoms with Gasteiger partial charge in [-0.3, -0.25) is 0 Å². The first-order valence-electron chi connectivity index (χ1n) is 8.56. The van der Waals surface area contributed by atoms with Crippen molar-refractivity contribution in [2.45, 2.75) is 50.6 Å². The highest BCUT2D eigenvalue weighted by atomic mass is 35.5. The lowest BCUT2D eigenvalue weighted by molar-refractivity contribution is -0.274. The largest absolute Gasteiger partial charge is 0.573 e. The molecular formula is C19H21ClF3NO3. The minimum atomic E-state index is -4.80. The van der Waals surface area contributed by atoms with E-state index in [9.17, 15) is 18.3 Å². The van der Waals surface area contributed by atoms with Gasteiger partial charge in [0, 0.05) is 23.9 Å². The van der Waals surface area contributed by atoms with Crippen LogP contribution in [0.1, 0.15) is 36.8 Å². The van der Waals surface area contributed by atoms with Crippen molar-refractivity contribution < 1.29 is 27.8 Å². The van der Waals surface area contributed by atoms with Gasteiger partial charge in [-0.15, -0.1) is 13.2 Å². The van der Waals surface area contributed by atoms with Gasteiger partial charge in [0.15, 0.2) is 0 Å².